The Hall–Kier alpha value is -2.11. The zero-order valence-electron chi connectivity index (χ0n) is 8.35. The summed E-state index contributed by atoms with van der Waals surface area (Å²) in [6, 6.07) is 0. The van der Waals surface area contributed by atoms with Crippen LogP contribution in [-0.4, -0.2) is 30.6 Å². The van der Waals surface area contributed by atoms with Gasteiger partial charge in [-0.2, -0.15) is 0 Å². The summed E-state index contributed by atoms with van der Waals surface area (Å²) in [7, 11) is 1.85. The molecular formula is C9H10N4O2. The predicted octanol–water partition coefficient (Wildman–Crippen LogP) is 0.817. The Kier molecular flexibility index (Phi) is 2.03. The standard InChI is InChI=1S/C9H10N4O2/c1-5-3-11-8(13(5)2)7-10-4-6(12-7)9(14)15/h3-4H,1-2H3,(H,10,12)(H,14,15). The fourth-order valence-electron chi connectivity index (χ4n) is 1.26. The van der Waals surface area contributed by atoms with Crippen LogP contribution in [0.3, 0.4) is 0 Å². The molecule has 0 fully saturated rings. The van der Waals surface area contributed by atoms with E-state index in [9.17, 15) is 4.79 Å². The molecule has 2 rings (SSSR count). The minimum atomic E-state index is -1.03. The van der Waals surface area contributed by atoms with Crippen molar-refractivity contribution in [2.45, 2.75) is 6.92 Å². The molecule has 0 amide bonds. The fraction of sp³-hybridized carbons (Fsp3) is 0.222. The van der Waals surface area contributed by atoms with Gasteiger partial charge in [0.25, 0.3) is 0 Å². The molecule has 0 saturated carbocycles. The Labute approximate surface area is 85.6 Å². The highest BCUT2D eigenvalue weighted by Crippen LogP contribution is 2.14. The predicted molar refractivity (Wildman–Crippen MR) is 52.5 cm³/mol. The summed E-state index contributed by atoms with van der Waals surface area (Å²) in [4.78, 5) is 21.4. The SMILES string of the molecule is Cc1cnc(-c2ncc(C(=O)O)[nH]2)n1C. The van der Waals surface area contributed by atoms with Crippen molar-refractivity contribution in [3.8, 4) is 11.6 Å². The molecular weight excluding hydrogens is 196 g/mol. The van der Waals surface area contributed by atoms with Gasteiger partial charge in [-0.15, -0.1) is 0 Å². The molecule has 2 heterocycles. The van der Waals surface area contributed by atoms with Crippen LogP contribution in [0.25, 0.3) is 11.6 Å². The molecule has 0 radical (unpaired) electrons. The zero-order chi connectivity index (χ0) is 11.0. The van der Waals surface area contributed by atoms with Crippen LogP contribution in [0.4, 0.5) is 0 Å². The van der Waals surface area contributed by atoms with Crippen LogP contribution in [-0.2, 0) is 7.05 Å². The van der Waals surface area contributed by atoms with Crippen LogP contribution in [0.1, 0.15) is 16.2 Å². The minimum absolute atomic E-state index is 0.0608. The lowest BCUT2D eigenvalue weighted by molar-refractivity contribution is 0.0691. The van der Waals surface area contributed by atoms with E-state index in [1.54, 1.807) is 6.20 Å². The quantitative estimate of drug-likeness (QED) is 0.761. The number of nitrogens with zero attached hydrogens (tertiary/aromatic N) is 3. The van der Waals surface area contributed by atoms with E-state index in [-0.39, 0.29) is 5.69 Å². The van der Waals surface area contributed by atoms with Crippen LogP contribution < -0.4 is 0 Å². The maximum atomic E-state index is 10.6. The number of carboxylic acid groups (broad SMARTS) is 1. The first kappa shape index (κ1) is 9.45. The molecule has 2 N–H and O–H groups in total. The van der Waals surface area contributed by atoms with Crippen molar-refractivity contribution >= 4 is 5.97 Å². The van der Waals surface area contributed by atoms with E-state index in [1.807, 2.05) is 18.5 Å². The molecule has 0 bridgehead atoms. The zero-order valence-corrected chi connectivity index (χ0v) is 8.35. The summed E-state index contributed by atoms with van der Waals surface area (Å²) >= 11 is 0. The Morgan fingerprint density at radius 1 is 1.47 bits per heavy atom. The Balaban J connectivity index is 2.46. The molecule has 6 heteroatoms. The van der Waals surface area contributed by atoms with Gasteiger partial charge in [-0.05, 0) is 6.92 Å². The Bertz CT molecular complexity index is 512. The number of carboxylic acids is 1. The average Bonchev–Trinajstić information content (AvgIpc) is 2.76. The van der Waals surface area contributed by atoms with Gasteiger partial charge < -0.3 is 14.7 Å². The number of aromatic nitrogens is 4. The number of rotatable bonds is 2. The summed E-state index contributed by atoms with van der Waals surface area (Å²) < 4.78 is 1.84. The third kappa shape index (κ3) is 1.50. The van der Waals surface area contributed by atoms with E-state index in [0.29, 0.717) is 11.6 Å². The van der Waals surface area contributed by atoms with Gasteiger partial charge in [0.2, 0.25) is 0 Å². The van der Waals surface area contributed by atoms with E-state index < -0.39 is 5.97 Å². The van der Waals surface area contributed by atoms with Gasteiger partial charge in [0.15, 0.2) is 11.6 Å². The van der Waals surface area contributed by atoms with E-state index in [0.717, 1.165) is 5.69 Å². The van der Waals surface area contributed by atoms with E-state index in [1.165, 1.54) is 6.20 Å². The van der Waals surface area contributed by atoms with Crippen molar-refractivity contribution in [2.75, 3.05) is 0 Å². The molecule has 0 aliphatic heterocycles. The van der Waals surface area contributed by atoms with Crippen molar-refractivity contribution in [3.05, 3.63) is 23.8 Å². The molecule has 2 aromatic rings. The topological polar surface area (TPSA) is 83.8 Å². The number of H-pyrrole nitrogens is 1. The van der Waals surface area contributed by atoms with Crippen molar-refractivity contribution in [1.29, 1.82) is 0 Å². The van der Waals surface area contributed by atoms with E-state index in [4.69, 9.17) is 5.11 Å². The van der Waals surface area contributed by atoms with Crippen LogP contribution in [0.5, 0.6) is 0 Å². The van der Waals surface area contributed by atoms with Crippen molar-refractivity contribution in [1.82, 2.24) is 19.5 Å². The second kappa shape index (κ2) is 3.23. The lowest BCUT2D eigenvalue weighted by atomic mass is 10.5. The van der Waals surface area contributed by atoms with Gasteiger partial charge in [0.1, 0.15) is 5.69 Å². The van der Waals surface area contributed by atoms with Gasteiger partial charge >= 0.3 is 5.97 Å². The largest absolute Gasteiger partial charge is 0.477 e. The highest BCUT2D eigenvalue weighted by molar-refractivity contribution is 5.85. The van der Waals surface area contributed by atoms with Gasteiger partial charge in [-0.25, -0.2) is 14.8 Å². The molecule has 0 aliphatic rings. The average molecular weight is 206 g/mol. The number of aryl methyl sites for hydroxylation is 1. The second-order valence-corrected chi connectivity index (χ2v) is 3.23. The highest BCUT2D eigenvalue weighted by Gasteiger charge is 2.12. The fourth-order valence-corrected chi connectivity index (χ4v) is 1.26. The molecule has 0 spiro atoms. The molecule has 6 nitrogen and oxygen atoms in total. The molecule has 78 valence electrons. The minimum Gasteiger partial charge on any atom is -0.477 e. The van der Waals surface area contributed by atoms with Gasteiger partial charge in [-0.3, -0.25) is 0 Å². The maximum absolute atomic E-state index is 10.6. The monoisotopic (exact) mass is 206 g/mol. The Morgan fingerprint density at radius 3 is 2.67 bits per heavy atom. The maximum Gasteiger partial charge on any atom is 0.353 e. The first-order valence-corrected chi connectivity index (χ1v) is 4.36. The lowest BCUT2D eigenvalue weighted by Crippen LogP contribution is -1.98. The van der Waals surface area contributed by atoms with Crippen molar-refractivity contribution in [2.24, 2.45) is 7.05 Å². The highest BCUT2D eigenvalue weighted by atomic mass is 16.4. The van der Waals surface area contributed by atoms with Gasteiger partial charge in [0.05, 0.1) is 6.20 Å². The third-order valence-corrected chi connectivity index (χ3v) is 2.24. The van der Waals surface area contributed by atoms with Crippen molar-refractivity contribution < 1.29 is 9.90 Å². The molecule has 0 atom stereocenters. The number of imidazole rings is 2. The number of carbonyl (C=O) groups is 1. The smallest absolute Gasteiger partial charge is 0.353 e. The number of nitrogens with one attached hydrogen (secondary N) is 1. The molecule has 0 saturated heterocycles. The summed E-state index contributed by atoms with van der Waals surface area (Å²) in [6.07, 6.45) is 2.99. The lowest BCUT2D eigenvalue weighted by Gasteiger charge is -1.98. The Morgan fingerprint density at radius 2 is 2.20 bits per heavy atom. The summed E-state index contributed by atoms with van der Waals surface area (Å²) in [5.74, 6) is 0.0580. The molecule has 0 aromatic carbocycles. The van der Waals surface area contributed by atoms with Crippen LogP contribution >= 0.6 is 0 Å². The van der Waals surface area contributed by atoms with Crippen LogP contribution in [0.2, 0.25) is 0 Å². The van der Waals surface area contributed by atoms with Gasteiger partial charge in [-0.1, -0.05) is 0 Å². The van der Waals surface area contributed by atoms with Crippen LogP contribution in [0.15, 0.2) is 12.4 Å². The first-order valence-electron chi connectivity index (χ1n) is 4.36. The number of hydrogen-bond donors (Lipinski definition) is 2. The molecule has 15 heavy (non-hydrogen) atoms. The number of aromatic amines is 1. The first-order chi connectivity index (χ1) is 7.09. The molecule has 0 aliphatic carbocycles. The summed E-state index contributed by atoms with van der Waals surface area (Å²) in [6.45, 7) is 1.91. The number of aromatic carboxylic acids is 1. The molecule has 2 aromatic heterocycles. The van der Waals surface area contributed by atoms with E-state index in [2.05, 4.69) is 15.0 Å². The van der Waals surface area contributed by atoms with Gasteiger partial charge in [0, 0.05) is 18.9 Å². The second-order valence-electron chi connectivity index (χ2n) is 3.23. The van der Waals surface area contributed by atoms with Crippen LogP contribution in [0, 0.1) is 6.92 Å². The summed E-state index contributed by atoms with van der Waals surface area (Å²) in [5.41, 5.74) is 1.05. The van der Waals surface area contributed by atoms with Crippen molar-refractivity contribution in [3.63, 3.8) is 0 Å². The summed E-state index contributed by atoms with van der Waals surface area (Å²) in [5, 5.41) is 8.72. The molecule has 0 unspecified atom stereocenters. The normalized spacial score (nSPS) is 10.5. The number of hydrogen-bond acceptors (Lipinski definition) is 3. The third-order valence-electron chi connectivity index (χ3n) is 2.24. The van der Waals surface area contributed by atoms with E-state index >= 15 is 0 Å².